The number of carbonyl (C=O) groups excluding carboxylic acids is 1. The Hall–Kier alpha value is -2.63. The van der Waals surface area contributed by atoms with E-state index < -0.39 is 0 Å². The first-order valence-electron chi connectivity index (χ1n) is 10.3. The summed E-state index contributed by atoms with van der Waals surface area (Å²) in [7, 11) is 1.72. The summed E-state index contributed by atoms with van der Waals surface area (Å²) >= 11 is 0. The van der Waals surface area contributed by atoms with Crippen molar-refractivity contribution in [3.05, 3.63) is 71.8 Å². The Labute approximate surface area is 173 Å². The van der Waals surface area contributed by atoms with Crippen LogP contribution in [0.15, 0.2) is 66.2 Å². The highest BCUT2D eigenvalue weighted by Gasteiger charge is 2.24. The Morgan fingerprint density at radius 2 is 1.59 bits per heavy atom. The molecular weight excluding hydrogens is 362 g/mol. The minimum Gasteiger partial charge on any atom is -0.495 e. The Kier molecular flexibility index (Phi) is 6.27. The summed E-state index contributed by atoms with van der Waals surface area (Å²) in [6, 6.07) is 18.5. The number of nitrogens with zero attached hydrogens (tertiary/aromatic N) is 3. The molecule has 0 amide bonds. The van der Waals surface area contributed by atoms with Gasteiger partial charge in [0.05, 0.1) is 19.3 Å². The van der Waals surface area contributed by atoms with E-state index >= 15 is 0 Å². The Morgan fingerprint density at radius 3 is 2.31 bits per heavy atom. The highest BCUT2D eigenvalue weighted by atomic mass is 16.5. The van der Waals surface area contributed by atoms with Crippen LogP contribution in [-0.4, -0.2) is 68.5 Å². The number of methoxy groups -OCH3 is 1. The molecule has 29 heavy (non-hydrogen) atoms. The summed E-state index contributed by atoms with van der Waals surface area (Å²) < 4.78 is 5.50. The van der Waals surface area contributed by atoms with Gasteiger partial charge in [-0.25, -0.2) is 0 Å². The largest absolute Gasteiger partial charge is 0.495 e. The van der Waals surface area contributed by atoms with Gasteiger partial charge in [0.2, 0.25) is 0 Å². The third kappa shape index (κ3) is 4.86. The molecule has 0 atom stereocenters. The average Bonchev–Trinajstić information content (AvgIpc) is 2.77. The van der Waals surface area contributed by atoms with Gasteiger partial charge in [-0.2, -0.15) is 0 Å². The number of piperazine rings is 1. The summed E-state index contributed by atoms with van der Waals surface area (Å²) in [5.74, 6) is 1.18. The molecule has 1 saturated heterocycles. The van der Waals surface area contributed by atoms with Gasteiger partial charge in [-0.05, 0) is 17.7 Å². The molecule has 2 aromatic carbocycles. The van der Waals surface area contributed by atoms with Gasteiger partial charge in [0.25, 0.3) is 0 Å². The third-order valence-corrected chi connectivity index (χ3v) is 5.76. The standard InChI is InChI=1S/C24H29N3O2/c1-29-24-10-6-5-9-22(24)27-15-13-25(14-16-27)18-21-11-12-26(19-23(21)28)17-20-7-3-2-4-8-20/h2-11H,12-19H2,1H3. The smallest absolute Gasteiger partial charge is 0.173 e. The lowest BCUT2D eigenvalue weighted by molar-refractivity contribution is -0.117. The zero-order chi connectivity index (χ0) is 20.1. The van der Waals surface area contributed by atoms with Crippen LogP contribution in [0.4, 0.5) is 5.69 Å². The van der Waals surface area contributed by atoms with Gasteiger partial charge in [-0.15, -0.1) is 0 Å². The predicted octanol–water partition coefficient (Wildman–Crippen LogP) is 2.83. The molecule has 0 saturated carbocycles. The summed E-state index contributed by atoms with van der Waals surface area (Å²) in [6.07, 6.45) is 2.13. The zero-order valence-corrected chi connectivity index (χ0v) is 17.1. The van der Waals surface area contributed by atoms with E-state index in [0.717, 1.165) is 62.8 Å². The van der Waals surface area contributed by atoms with Crippen LogP contribution in [0.2, 0.25) is 0 Å². The number of rotatable bonds is 6. The van der Waals surface area contributed by atoms with Gasteiger partial charge >= 0.3 is 0 Å². The molecule has 2 heterocycles. The van der Waals surface area contributed by atoms with Crippen LogP contribution in [0, 0.1) is 0 Å². The van der Waals surface area contributed by atoms with Crippen LogP contribution in [0.25, 0.3) is 0 Å². The number of ketones is 1. The van der Waals surface area contributed by atoms with Gasteiger partial charge in [-0.3, -0.25) is 14.6 Å². The molecular formula is C24H29N3O2. The van der Waals surface area contributed by atoms with Crippen LogP contribution < -0.4 is 9.64 Å². The molecule has 1 fully saturated rings. The molecule has 0 aliphatic carbocycles. The van der Waals surface area contributed by atoms with E-state index in [2.05, 4.69) is 45.0 Å². The van der Waals surface area contributed by atoms with E-state index in [0.29, 0.717) is 6.54 Å². The molecule has 2 aliphatic rings. The molecule has 0 radical (unpaired) electrons. The Bertz CT molecular complexity index is 857. The molecule has 0 bridgehead atoms. The van der Waals surface area contributed by atoms with Gasteiger partial charge in [0.1, 0.15) is 5.75 Å². The van der Waals surface area contributed by atoms with Crippen molar-refractivity contribution in [2.75, 3.05) is 57.8 Å². The summed E-state index contributed by atoms with van der Waals surface area (Å²) in [6.45, 7) is 6.75. The van der Waals surface area contributed by atoms with E-state index in [1.165, 1.54) is 5.56 Å². The molecule has 4 rings (SSSR count). The number of para-hydroxylation sites is 2. The Balaban J connectivity index is 1.30. The molecule has 2 aliphatic heterocycles. The topological polar surface area (TPSA) is 36.0 Å². The van der Waals surface area contributed by atoms with Gasteiger partial charge in [0, 0.05) is 51.4 Å². The molecule has 0 N–H and O–H groups in total. The first-order chi connectivity index (χ1) is 14.2. The van der Waals surface area contributed by atoms with Crippen molar-refractivity contribution in [1.82, 2.24) is 9.80 Å². The summed E-state index contributed by atoms with van der Waals surface area (Å²) in [5.41, 5.74) is 3.38. The summed E-state index contributed by atoms with van der Waals surface area (Å²) in [4.78, 5) is 19.6. The van der Waals surface area contributed by atoms with Crippen LogP contribution in [0.1, 0.15) is 5.56 Å². The van der Waals surface area contributed by atoms with E-state index in [9.17, 15) is 4.79 Å². The molecule has 5 nitrogen and oxygen atoms in total. The van der Waals surface area contributed by atoms with Crippen LogP contribution in [0.3, 0.4) is 0 Å². The fraction of sp³-hybridized carbons (Fsp3) is 0.375. The number of ether oxygens (including phenoxy) is 1. The first-order valence-corrected chi connectivity index (χ1v) is 10.3. The number of benzene rings is 2. The van der Waals surface area contributed by atoms with Crippen LogP contribution in [0.5, 0.6) is 5.75 Å². The van der Waals surface area contributed by atoms with Gasteiger partial charge in [0.15, 0.2) is 5.78 Å². The van der Waals surface area contributed by atoms with Crippen LogP contribution in [-0.2, 0) is 11.3 Å². The lowest BCUT2D eigenvalue weighted by Crippen LogP contribution is -2.48. The van der Waals surface area contributed by atoms with Crippen molar-refractivity contribution < 1.29 is 9.53 Å². The molecule has 0 aromatic heterocycles. The van der Waals surface area contributed by atoms with E-state index in [4.69, 9.17) is 4.74 Å². The molecule has 0 spiro atoms. The normalized spacial score (nSPS) is 18.6. The molecule has 5 heteroatoms. The second-order valence-corrected chi connectivity index (χ2v) is 7.74. The highest BCUT2D eigenvalue weighted by molar-refractivity contribution is 5.98. The number of hydrogen-bond acceptors (Lipinski definition) is 5. The van der Waals surface area contributed by atoms with Crippen LogP contribution >= 0.6 is 0 Å². The monoisotopic (exact) mass is 391 g/mol. The third-order valence-electron chi connectivity index (χ3n) is 5.76. The number of anilines is 1. The second-order valence-electron chi connectivity index (χ2n) is 7.74. The zero-order valence-electron chi connectivity index (χ0n) is 17.1. The van der Waals surface area contributed by atoms with E-state index in [-0.39, 0.29) is 5.78 Å². The quantitative estimate of drug-likeness (QED) is 0.757. The van der Waals surface area contributed by atoms with Gasteiger partial charge < -0.3 is 9.64 Å². The first kappa shape index (κ1) is 19.7. The van der Waals surface area contributed by atoms with Crippen molar-refractivity contribution in [2.24, 2.45) is 0 Å². The molecule has 2 aromatic rings. The SMILES string of the molecule is COc1ccccc1N1CCN(CC2=CCN(Cc3ccccc3)CC2=O)CC1. The Morgan fingerprint density at radius 1 is 0.862 bits per heavy atom. The lowest BCUT2D eigenvalue weighted by atomic mass is 10.0. The van der Waals surface area contributed by atoms with E-state index in [1.54, 1.807) is 7.11 Å². The number of carbonyl (C=O) groups is 1. The fourth-order valence-electron chi connectivity index (χ4n) is 4.12. The fourth-order valence-corrected chi connectivity index (χ4v) is 4.12. The lowest BCUT2D eigenvalue weighted by Gasteiger charge is -2.37. The maximum atomic E-state index is 12.7. The summed E-state index contributed by atoms with van der Waals surface area (Å²) in [5, 5.41) is 0. The number of hydrogen-bond donors (Lipinski definition) is 0. The molecule has 0 unspecified atom stereocenters. The maximum absolute atomic E-state index is 12.7. The van der Waals surface area contributed by atoms with Crippen molar-refractivity contribution in [3.8, 4) is 5.75 Å². The number of Topliss-reactive ketones (excluding diaryl/α,β-unsaturated/α-hetero) is 1. The molecule has 152 valence electrons. The van der Waals surface area contributed by atoms with Crippen molar-refractivity contribution >= 4 is 11.5 Å². The average molecular weight is 392 g/mol. The highest BCUT2D eigenvalue weighted by Crippen LogP contribution is 2.28. The van der Waals surface area contributed by atoms with Crippen molar-refractivity contribution in [3.63, 3.8) is 0 Å². The van der Waals surface area contributed by atoms with E-state index in [1.807, 2.05) is 30.3 Å². The van der Waals surface area contributed by atoms with Gasteiger partial charge in [-0.1, -0.05) is 48.5 Å². The van der Waals surface area contributed by atoms with Crippen molar-refractivity contribution in [2.45, 2.75) is 6.54 Å². The minimum absolute atomic E-state index is 0.263. The predicted molar refractivity (Wildman–Crippen MR) is 116 cm³/mol. The maximum Gasteiger partial charge on any atom is 0.173 e. The van der Waals surface area contributed by atoms with Crippen molar-refractivity contribution in [1.29, 1.82) is 0 Å². The second kappa shape index (κ2) is 9.25. The minimum atomic E-state index is 0.263.